The Balaban J connectivity index is 1.81. The second-order valence-corrected chi connectivity index (χ2v) is 4.59. The fraction of sp³-hybridized carbons (Fsp3) is 0.0588. The van der Waals surface area contributed by atoms with E-state index >= 15 is 0 Å². The molecule has 0 bridgehead atoms. The number of fused-ring (bicyclic) bond motifs is 1. The van der Waals surface area contributed by atoms with Gasteiger partial charge >= 0.3 is 0 Å². The molecule has 1 heterocycles. The molecule has 98 valence electrons. The summed E-state index contributed by atoms with van der Waals surface area (Å²) < 4.78 is 0. The van der Waals surface area contributed by atoms with Gasteiger partial charge in [0.05, 0.1) is 17.6 Å². The number of pyridine rings is 1. The van der Waals surface area contributed by atoms with Crippen molar-refractivity contribution < 1.29 is 4.79 Å². The first kappa shape index (κ1) is 12.4. The van der Waals surface area contributed by atoms with Crippen molar-refractivity contribution in [2.24, 2.45) is 0 Å². The van der Waals surface area contributed by atoms with Crippen molar-refractivity contribution in [3.05, 3.63) is 72.4 Å². The highest BCUT2D eigenvalue weighted by atomic mass is 16.1. The van der Waals surface area contributed by atoms with Gasteiger partial charge in [0, 0.05) is 11.6 Å². The van der Waals surface area contributed by atoms with Crippen LogP contribution in [0.25, 0.3) is 10.9 Å². The van der Waals surface area contributed by atoms with E-state index in [1.165, 1.54) is 0 Å². The Hall–Kier alpha value is -2.68. The summed E-state index contributed by atoms with van der Waals surface area (Å²) in [6.07, 6.45) is 2.10. The van der Waals surface area contributed by atoms with Crippen molar-refractivity contribution in [1.82, 2.24) is 4.98 Å². The molecular formula is C17H14N2O. The average molecular weight is 262 g/mol. The summed E-state index contributed by atoms with van der Waals surface area (Å²) >= 11 is 0. The molecule has 1 amide bonds. The maximum atomic E-state index is 12.1. The van der Waals surface area contributed by atoms with Gasteiger partial charge in [-0.15, -0.1) is 0 Å². The number of amides is 1. The van der Waals surface area contributed by atoms with Gasteiger partial charge in [-0.25, -0.2) is 0 Å². The van der Waals surface area contributed by atoms with Gasteiger partial charge in [-0.1, -0.05) is 48.5 Å². The quantitative estimate of drug-likeness (QED) is 0.786. The SMILES string of the molecule is O=C(Cc1ccccc1)Nc1cccc2cccnc12. The first-order valence-electron chi connectivity index (χ1n) is 6.50. The van der Waals surface area contributed by atoms with Crippen LogP contribution >= 0.6 is 0 Å². The molecular weight excluding hydrogens is 248 g/mol. The van der Waals surface area contributed by atoms with Crippen molar-refractivity contribution in [2.75, 3.05) is 5.32 Å². The highest BCUT2D eigenvalue weighted by molar-refractivity contribution is 6.00. The largest absolute Gasteiger partial charge is 0.324 e. The zero-order valence-electron chi connectivity index (χ0n) is 10.9. The Morgan fingerprint density at radius 3 is 2.60 bits per heavy atom. The third kappa shape index (κ3) is 2.67. The lowest BCUT2D eigenvalue weighted by Gasteiger charge is -2.08. The number of anilines is 1. The minimum absolute atomic E-state index is 0.0330. The number of nitrogens with zero attached hydrogens (tertiary/aromatic N) is 1. The van der Waals surface area contributed by atoms with E-state index in [4.69, 9.17) is 0 Å². The summed E-state index contributed by atoms with van der Waals surface area (Å²) in [5, 5.41) is 3.95. The van der Waals surface area contributed by atoms with Gasteiger partial charge in [0.15, 0.2) is 0 Å². The van der Waals surface area contributed by atoms with Gasteiger partial charge < -0.3 is 5.32 Å². The molecule has 0 fully saturated rings. The highest BCUT2D eigenvalue weighted by Crippen LogP contribution is 2.20. The van der Waals surface area contributed by atoms with Crippen LogP contribution in [0.15, 0.2) is 66.9 Å². The molecule has 20 heavy (non-hydrogen) atoms. The number of carbonyl (C=O) groups is 1. The van der Waals surface area contributed by atoms with E-state index in [1.807, 2.05) is 60.7 Å². The summed E-state index contributed by atoms with van der Waals surface area (Å²) in [6, 6.07) is 19.3. The maximum Gasteiger partial charge on any atom is 0.228 e. The number of rotatable bonds is 3. The van der Waals surface area contributed by atoms with Crippen LogP contribution < -0.4 is 5.32 Å². The summed E-state index contributed by atoms with van der Waals surface area (Å²) in [7, 11) is 0. The van der Waals surface area contributed by atoms with Crippen LogP contribution in [0.5, 0.6) is 0 Å². The number of para-hydroxylation sites is 1. The number of aromatic nitrogens is 1. The third-order valence-corrected chi connectivity index (χ3v) is 3.11. The fourth-order valence-corrected chi connectivity index (χ4v) is 2.18. The third-order valence-electron chi connectivity index (χ3n) is 3.11. The molecule has 0 saturated heterocycles. The first-order valence-corrected chi connectivity index (χ1v) is 6.50. The normalized spacial score (nSPS) is 10.4. The van der Waals surface area contributed by atoms with E-state index < -0.39 is 0 Å². The van der Waals surface area contributed by atoms with Crippen LogP contribution in [0.1, 0.15) is 5.56 Å². The van der Waals surface area contributed by atoms with Gasteiger partial charge in [-0.2, -0.15) is 0 Å². The number of nitrogens with one attached hydrogen (secondary N) is 1. The molecule has 0 spiro atoms. The van der Waals surface area contributed by atoms with Crippen molar-refractivity contribution >= 4 is 22.5 Å². The lowest BCUT2D eigenvalue weighted by molar-refractivity contribution is -0.115. The highest BCUT2D eigenvalue weighted by Gasteiger charge is 2.07. The minimum Gasteiger partial charge on any atom is -0.324 e. The molecule has 0 aliphatic carbocycles. The molecule has 0 aliphatic heterocycles. The molecule has 3 nitrogen and oxygen atoms in total. The van der Waals surface area contributed by atoms with Crippen LogP contribution in [0.4, 0.5) is 5.69 Å². The van der Waals surface area contributed by atoms with Crippen molar-refractivity contribution in [1.29, 1.82) is 0 Å². The molecule has 1 aromatic heterocycles. The first-order chi connectivity index (χ1) is 9.83. The molecule has 0 saturated carbocycles. The average Bonchev–Trinajstić information content (AvgIpc) is 2.48. The van der Waals surface area contributed by atoms with Crippen LogP contribution in [0.3, 0.4) is 0 Å². The molecule has 0 aliphatic rings. The zero-order valence-corrected chi connectivity index (χ0v) is 10.9. The monoisotopic (exact) mass is 262 g/mol. The standard InChI is InChI=1S/C17H14N2O/c20-16(12-13-6-2-1-3-7-13)19-15-10-4-8-14-9-5-11-18-17(14)15/h1-11H,12H2,(H,19,20). The lowest BCUT2D eigenvalue weighted by atomic mass is 10.1. The Bertz CT molecular complexity index is 733. The molecule has 0 radical (unpaired) electrons. The van der Waals surface area contributed by atoms with Crippen molar-refractivity contribution in [2.45, 2.75) is 6.42 Å². The van der Waals surface area contributed by atoms with Gasteiger partial charge in [-0.3, -0.25) is 9.78 Å². The van der Waals surface area contributed by atoms with Crippen LogP contribution in [-0.4, -0.2) is 10.9 Å². The summed E-state index contributed by atoms with van der Waals surface area (Å²) in [6.45, 7) is 0. The molecule has 2 aromatic carbocycles. The zero-order chi connectivity index (χ0) is 13.8. The molecule has 3 heteroatoms. The Morgan fingerprint density at radius 1 is 0.950 bits per heavy atom. The van der Waals surface area contributed by atoms with E-state index in [9.17, 15) is 4.79 Å². The minimum atomic E-state index is -0.0330. The van der Waals surface area contributed by atoms with E-state index in [-0.39, 0.29) is 5.91 Å². The van der Waals surface area contributed by atoms with Crippen molar-refractivity contribution in [3.8, 4) is 0 Å². The number of benzene rings is 2. The van der Waals surface area contributed by atoms with E-state index in [2.05, 4.69) is 10.3 Å². The van der Waals surface area contributed by atoms with E-state index in [0.29, 0.717) is 6.42 Å². The topological polar surface area (TPSA) is 42.0 Å². The van der Waals surface area contributed by atoms with E-state index in [1.54, 1.807) is 6.20 Å². The molecule has 0 unspecified atom stereocenters. The van der Waals surface area contributed by atoms with Gasteiger partial charge in [0.2, 0.25) is 5.91 Å². The van der Waals surface area contributed by atoms with Gasteiger partial charge in [-0.05, 0) is 17.7 Å². The van der Waals surface area contributed by atoms with Crippen LogP contribution in [-0.2, 0) is 11.2 Å². The second-order valence-electron chi connectivity index (χ2n) is 4.59. The smallest absolute Gasteiger partial charge is 0.228 e. The van der Waals surface area contributed by atoms with E-state index in [0.717, 1.165) is 22.2 Å². The lowest BCUT2D eigenvalue weighted by Crippen LogP contribution is -2.14. The Kier molecular flexibility index (Phi) is 3.42. The number of hydrogen-bond donors (Lipinski definition) is 1. The molecule has 3 rings (SSSR count). The Labute approximate surface area is 117 Å². The fourth-order valence-electron chi connectivity index (χ4n) is 2.18. The van der Waals surface area contributed by atoms with Crippen molar-refractivity contribution in [3.63, 3.8) is 0 Å². The summed E-state index contributed by atoms with van der Waals surface area (Å²) in [5.74, 6) is -0.0330. The summed E-state index contributed by atoms with van der Waals surface area (Å²) in [5.41, 5.74) is 2.57. The molecule has 3 aromatic rings. The molecule has 1 N–H and O–H groups in total. The number of carbonyl (C=O) groups excluding carboxylic acids is 1. The number of hydrogen-bond acceptors (Lipinski definition) is 2. The second kappa shape index (κ2) is 5.53. The maximum absolute atomic E-state index is 12.1. The Morgan fingerprint density at radius 2 is 1.75 bits per heavy atom. The van der Waals surface area contributed by atoms with Crippen LogP contribution in [0, 0.1) is 0 Å². The van der Waals surface area contributed by atoms with Crippen LogP contribution in [0.2, 0.25) is 0 Å². The molecule has 0 atom stereocenters. The van der Waals surface area contributed by atoms with Gasteiger partial charge in [0.25, 0.3) is 0 Å². The summed E-state index contributed by atoms with van der Waals surface area (Å²) in [4.78, 5) is 16.4. The predicted octanol–water partition coefficient (Wildman–Crippen LogP) is 3.42. The predicted molar refractivity (Wildman–Crippen MR) is 80.5 cm³/mol. The van der Waals surface area contributed by atoms with Gasteiger partial charge in [0.1, 0.15) is 0 Å².